The number of aliphatic imine (C=N–C) groups is 1. The lowest BCUT2D eigenvalue weighted by atomic mass is 10.1. The summed E-state index contributed by atoms with van der Waals surface area (Å²) in [4.78, 5) is 42.3. The van der Waals surface area contributed by atoms with Crippen molar-refractivity contribution in [3.8, 4) is 0 Å². The highest BCUT2D eigenvalue weighted by Crippen LogP contribution is 2.31. The lowest BCUT2D eigenvalue weighted by molar-refractivity contribution is -0.128. The first kappa shape index (κ1) is 16.5. The Hall–Kier alpha value is -2.35. The quantitative estimate of drug-likeness (QED) is 0.834. The molecule has 1 N–H and O–H groups in total. The first-order valence-electron chi connectivity index (χ1n) is 7.60. The molecule has 2 heterocycles. The normalized spacial score (nSPS) is 19.5. The van der Waals surface area contributed by atoms with Gasteiger partial charge in [0.25, 0.3) is 0 Å². The Balaban J connectivity index is 1.67. The van der Waals surface area contributed by atoms with Crippen molar-refractivity contribution in [3.05, 3.63) is 29.8 Å². The standard InChI is InChI=1S/C16H17N3O4S/c1-23-15(22)10-5-2-3-6-11(10)18-13(20)9-12-14(21)19-8-4-7-17-16(19)24-12/h2-3,5-6,12H,4,7-9H2,1H3,(H,18,20). The Labute approximate surface area is 143 Å². The van der Waals surface area contributed by atoms with Gasteiger partial charge >= 0.3 is 5.97 Å². The second-order valence-electron chi connectivity index (χ2n) is 5.40. The van der Waals surface area contributed by atoms with Gasteiger partial charge in [0.2, 0.25) is 11.8 Å². The number of esters is 1. The number of nitrogens with zero attached hydrogens (tertiary/aromatic N) is 2. The lowest BCUT2D eigenvalue weighted by Gasteiger charge is -2.19. The van der Waals surface area contributed by atoms with E-state index in [4.69, 9.17) is 4.74 Å². The van der Waals surface area contributed by atoms with Crippen LogP contribution in [-0.4, -0.2) is 53.3 Å². The van der Waals surface area contributed by atoms with E-state index in [1.54, 1.807) is 29.2 Å². The highest BCUT2D eigenvalue weighted by molar-refractivity contribution is 8.15. The van der Waals surface area contributed by atoms with Gasteiger partial charge in [-0.3, -0.25) is 19.5 Å². The maximum absolute atomic E-state index is 12.3. The number of amides is 2. The van der Waals surface area contributed by atoms with Crippen LogP contribution in [0.3, 0.4) is 0 Å². The molecule has 1 aromatic rings. The number of hydrogen-bond donors (Lipinski definition) is 1. The number of ether oxygens (including phenoxy) is 1. The van der Waals surface area contributed by atoms with Crippen LogP contribution in [0.15, 0.2) is 29.3 Å². The molecule has 0 radical (unpaired) electrons. The molecular weight excluding hydrogens is 330 g/mol. The van der Waals surface area contributed by atoms with Gasteiger partial charge in [-0.2, -0.15) is 0 Å². The minimum atomic E-state index is -0.524. The van der Waals surface area contributed by atoms with E-state index < -0.39 is 11.2 Å². The van der Waals surface area contributed by atoms with Crippen molar-refractivity contribution in [2.45, 2.75) is 18.1 Å². The SMILES string of the molecule is COC(=O)c1ccccc1NC(=O)CC1SC2=NCCCN2C1=O. The fourth-order valence-corrected chi connectivity index (χ4v) is 3.81. The third-order valence-electron chi connectivity index (χ3n) is 3.78. The molecule has 0 bridgehead atoms. The maximum atomic E-state index is 12.3. The number of carbonyl (C=O) groups is 3. The van der Waals surface area contributed by atoms with Crippen LogP contribution < -0.4 is 5.32 Å². The third kappa shape index (κ3) is 3.28. The van der Waals surface area contributed by atoms with Crippen molar-refractivity contribution in [1.82, 2.24) is 4.90 Å². The number of thioether (sulfide) groups is 1. The lowest BCUT2D eigenvalue weighted by Crippen LogP contribution is -2.36. The van der Waals surface area contributed by atoms with E-state index in [0.717, 1.165) is 13.0 Å². The second kappa shape index (κ2) is 7.04. The average molecular weight is 347 g/mol. The van der Waals surface area contributed by atoms with Gasteiger partial charge in [-0.1, -0.05) is 23.9 Å². The number of rotatable bonds is 4. The van der Waals surface area contributed by atoms with Crippen molar-refractivity contribution < 1.29 is 19.1 Å². The fourth-order valence-electron chi connectivity index (χ4n) is 2.62. The molecular formula is C16H17N3O4S. The van der Waals surface area contributed by atoms with Gasteiger partial charge in [0.1, 0.15) is 5.25 Å². The molecule has 126 valence electrons. The fraction of sp³-hybridized carbons (Fsp3) is 0.375. The predicted molar refractivity (Wildman–Crippen MR) is 91.0 cm³/mol. The Bertz CT molecular complexity index is 719. The highest BCUT2D eigenvalue weighted by Gasteiger charge is 2.39. The van der Waals surface area contributed by atoms with Crippen LogP contribution in [0.4, 0.5) is 5.69 Å². The summed E-state index contributed by atoms with van der Waals surface area (Å²) >= 11 is 1.33. The summed E-state index contributed by atoms with van der Waals surface area (Å²) in [6.45, 7) is 1.38. The molecule has 0 aliphatic carbocycles. The minimum absolute atomic E-state index is 0.0362. The predicted octanol–water partition coefficient (Wildman–Crippen LogP) is 1.51. The average Bonchev–Trinajstić information content (AvgIpc) is 2.91. The monoisotopic (exact) mass is 347 g/mol. The number of carbonyl (C=O) groups excluding carboxylic acids is 3. The number of benzene rings is 1. The van der Waals surface area contributed by atoms with Crippen molar-refractivity contribution in [2.75, 3.05) is 25.5 Å². The second-order valence-corrected chi connectivity index (χ2v) is 6.57. The molecule has 7 nitrogen and oxygen atoms in total. The summed E-state index contributed by atoms with van der Waals surface area (Å²) in [5.41, 5.74) is 0.653. The van der Waals surface area contributed by atoms with Gasteiger partial charge in [-0.15, -0.1) is 0 Å². The maximum Gasteiger partial charge on any atom is 0.339 e. The van der Waals surface area contributed by atoms with Gasteiger partial charge in [0.15, 0.2) is 5.17 Å². The van der Waals surface area contributed by atoms with Crippen molar-refractivity contribution in [2.24, 2.45) is 4.99 Å². The minimum Gasteiger partial charge on any atom is -0.465 e. The zero-order valence-electron chi connectivity index (χ0n) is 13.2. The van der Waals surface area contributed by atoms with Crippen molar-refractivity contribution in [1.29, 1.82) is 0 Å². The number of nitrogens with one attached hydrogen (secondary N) is 1. The summed E-state index contributed by atoms with van der Waals surface area (Å²) in [6, 6.07) is 6.61. The number of anilines is 1. The Morgan fingerprint density at radius 2 is 2.21 bits per heavy atom. The van der Waals surface area contributed by atoms with Crippen LogP contribution in [-0.2, 0) is 14.3 Å². The molecule has 0 aromatic heterocycles. The summed E-state index contributed by atoms with van der Waals surface area (Å²) in [5, 5.41) is 2.93. The number of fused-ring (bicyclic) bond motifs is 1. The smallest absolute Gasteiger partial charge is 0.339 e. The van der Waals surface area contributed by atoms with Crippen LogP contribution in [0.5, 0.6) is 0 Å². The molecule has 0 spiro atoms. The van der Waals surface area contributed by atoms with E-state index in [2.05, 4.69) is 10.3 Å². The molecule has 2 amide bonds. The highest BCUT2D eigenvalue weighted by atomic mass is 32.2. The molecule has 0 saturated carbocycles. The van der Waals surface area contributed by atoms with E-state index in [1.165, 1.54) is 18.9 Å². The molecule has 24 heavy (non-hydrogen) atoms. The molecule has 1 fully saturated rings. The molecule has 1 aromatic carbocycles. The van der Waals surface area contributed by atoms with E-state index in [9.17, 15) is 14.4 Å². The van der Waals surface area contributed by atoms with Crippen LogP contribution >= 0.6 is 11.8 Å². The van der Waals surface area contributed by atoms with E-state index in [0.29, 0.717) is 17.4 Å². The molecule has 2 aliphatic heterocycles. The summed E-state index contributed by atoms with van der Waals surface area (Å²) < 4.78 is 4.70. The summed E-state index contributed by atoms with van der Waals surface area (Å²) in [6.07, 6.45) is 0.885. The van der Waals surface area contributed by atoms with Crippen molar-refractivity contribution >= 4 is 40.4 Å². The number of methoxy groups -OCH3 is 1. The zero-order valence-corrected chi connectivity index (χ0v) is 14.0. The molecule has 8 heteroatoms. The van der Waals surface area contributed by atoms with Crippen molar-refractivity contribution in [3.63, 3.8) is 0 Å². The molecule has 2 aliphatic rings. The van der Waals surface area contributed by atoms with Gasteiger partial charge in [0.05, 0.1) is 18.4 Å². The van der Waals surface area contributed by atoms with E-state index in [1.807, 2.05) is 0 Å². The van der Waals surface area contributed by atoms with E-state index in [-0.39, 0.29) is 23.8 Å². The third-order valence-corrected chi connectivity index (χ3v) is 5.00. The topological polar surface area (TPSA) is 88.1 Å². The Morgan fingerprint density at radius 3 is 2.96 bits per heavy atom. The van der Waals surface area contributed by atoms with Crippen LogP contribution in [0, 0.1) is 0 Å². The molecule has 3 rings (SSSR count). The first-order valence-corrected chi connectivity index (χ1v) is 8.48. The Kier molecular flexibility index (Phi) is 4.84. The molecule has 1 atom stereocenters. The Morgan fingerprint density at radius 1 is 1.42 bits per heavy atom. The number of hydrogen-bond acceptors (Lipinski definition) is 6. The van der Waals surface area contributed by atoms with Crippen LogP contribution in [0.2, 0.25) is 0 Å². The van der Waals surface area contributed by atoms with Gasteiger partial charge < -0.3 is 10.1 Å². The van der Waals surface area contributed by atoms with Crippen LogP contribution in [0.1, 0.15) is 23.2 Å². The zero-order chi connectivity index (χ0) is 17.1. The van der Waals surface area contributed by atoms with Gasteiger partial charge in [0, 0.05) is 19.5 Å². The van der Waals surface area contributed by atoms with Gasteiger partial charge in [-0.05, 0) is 18.6 Å². The summed E-state index contributed by atoms with van der Waals surface area (Å²) in [5.74, 6) is -0.920. The number of amidine groups is 1. The number of para-hydroxylation sites is 1. The van der Waals surface area contributed by atoms with E-state index >= 15 is 0 Å². The van der Waals surface area contributed by atoms with Gasteiger partial charge in [-0.25, -0.2) is 4.79 Å². The molecule has 1 saturated heterocycles. The summed E-state index contributed by atoms with van der Waals surface area (Å²) in [7, 11) is 1.28. The van der Waals surface area contributed by atoms with Crippen LogP contribution in [0.25, 0.3) is 0 Å². The largest absolute Gasteiger partial charge is 0.465 e. The first-order chi connectivity index (χ1) is 11.6. The molecule has 1 unspecified atom stereocenters.